The number of amides is 1. The molecule has 1 saturated heterocycles. The third-order valence-corrected chi connectivity index (χ3v) is 7.12. The average molecular weight is 394 g/mol. The number of carboxylic acid groups (broad SMARTS) is 1. The second-order valence-corrected chi connectivity index (χ2v) is 9.62. The maximum atomic E-state index is 12.8. The third-order valence-electron chi connectivity index (χ3n) is 5.24. The van der Waals surface area contributed by atoms with E-state index >= 15 is 0 Å². The highest BCUT2D eigenvalue weighted by Crippen LogP contribution is 2.33. The number of sulfonamides is 1. The van der Waals surface area contributed by atoms with Crippen LogP contribution in [0.1, 0.15) is 49.4 Å². The number of nitrogens with one attached hydrogen (secondary N) is 1. The van der Waals surface area contributed by atoms with Crippen LogP contribution in [-0.2, 0) is 14.8 Å². The lowest BCUT2D eigenvalue weighted by molar-refractivity contribution is -0.139. The number of carboxylic acids is 1. The van der Waals surface area contributed by atoms with E-state index in [-0.39, 0.29) is 10.5 Å². The second kappa shape index (κ2) is 7.98. The molecule has 1 saturated carbocycles. The largest absolute Gasteiger partial charge is 0.480 e. The molecule has 2 unspecified atom stereocenters. The van der Waals surface area contributed by atoms with Crippen LogP contribution in [0.5, 0.6) is 0 Å². The maximum Gasteiger partial charge on any atom is 0.326 e. The number of piperidine rings is 1. The van der Waals surface area contributed by atoms with Crippen LogP contribution in [0.4, 0.5) is 0 Å². The average Bonchev–Trinajstić information content (AvgIpc) is 3.45. The lowest BCUT2D eigenvalue weighted by Crippen LogP contribution is -2.41. The topological polar surface area (TPSA) is 104 Å². The summed E-state index contributed by atoms with van der Waals surface area (Å²) in [5, 5.41) is 11.8. The SMILES string of the molecule is CC1CCCN(S(=O)(=O)c2ccc(C(=O)NC(CC3CC3)C(=O)O)cc2)C1. The molecule has 1 aromatic carbocycles. The molecule has 1 aliphatic carbocycles. The van der Waals surface area contributed by atoms with Crippen molar-refractivity contribution in [3.05, 3.63) is 29.8 Å². The van der Waals surface area contributed by atoms with Crippen molar-refractivity contribution in [3.8, 4) is 0 Å². The van der Waals surface area contributed by atoms with E-state index in [0.29, 0.717) is 31.3 Å². The normalized spacial score (nSPS) is 22.2. The quantitative estimate of drug-likeness (QED) is 0.737. The Morgan fingerprint density at radius 2 is 1.89 bits per heavy atom. The Hall–Kier alpha value is -1.93. The number of nitrogens with zero attached hydrogens (tertiary/aromatic N) is 1. The first-order valence-corrected chi connectivity index (χ1v) is 10.8. The van der Waals surface area contributed by atoms with Gasteiger partial charge in [0.15, 0.2) is 0 Å². The van der Waals surface area contributed by atoms with Gasteiger partial charge in [-0.3, -0.25) is 4.79 Å². The molecule has 2 fully saturated rings. The number of carbonyl (C=O) groups is 2. The fraction of sp³-hybridized carbons (Fsp3) is 0.579. The molecule has 8 heteroatoms. The number of carbonyl (C=O) groups excluding carboxylic acids is 1. The summed E-state index contributed by atoms with van der Waals surface area (Å²) in [4.78, 5) is 23.8. The van der Waals surface area contributed by atoms with Crippen molar-refractivity contribution >= 4 is 21.9 Å². The summed E-state index contributed by atoms with van der Waals surface area (Å²) in [6.07, 6.45) is 4.30. The monoisotopic (exact) mass is 394 g/mol. The van der Waals surface area contributed by atoms with Crippen molar-refractivity contribution in [1.82, 2.24) is 9.62 Å². The minimum atomic E-state index is -3.57. The summed E-state index contributed by atoms with van der Waals surface area (Å²) < 4.78 is 27.0. The molecule has 1 aliphatic heterocycles. The van der Waals surface area contributed by atoms with Gasteiger partial charge in [0, 0.05) is 18.7 Å². The van der Waals surface area contributed by atoms with Crippen molar-refractivity contribution in [1.29, 1.82) is 0 Å². The van der Waals surface area contributed by atoms with Crippen molar-refractivity contribution in [2.24, 2.45) is 11.8 Å². The first-order valence-electron chi connectivity index (χ1n) is 9.41. The zero-order valence-electron chi connectivity index (χ0n) is 15.4. The Morgan fingerprint density at radius 1 is 1.22 bits per heavy atom. The molecule has 0 spiro atoms. The van der Waals surface area contributed by atoms with E-state index in [0.717, 1.165) is 25.7 Å². The fourth-order valence-electron chi connectivity index (χ4n) is 3.44. The molecule has 7 nitrogen and oxygen atoms in total. The van der Waals surface area contributed by atoms with E-state index in [9.17, 15) is 23.1 Å². The van der Waals surface area contributed by atoms with Crippen LogP contribution in [0.25, 0.3) is 0 Å². The number of aliphatic carboxylic acids is 1. The third kappa shape index (κ3) is 4.87. The Kier molecular flexibility index (Phi) is 5.86. The molecular weight excluding hydrogens is 368 g/mol. The highest BCUT2D eigenvalue weighted by atomic mass is 32.2. The van der Waals surface area contributed by atoms with Crippen LogP contribution in [0.2, 0.25) is 0 Å². The lowest BCUT2D eigenvalue weighted by Gasteiger charge is -2.30. The van der Waals surface area contributed by atoms with Crippen LogP contribution in [0.15, 0.2) is 29.2 Å². The van der Waals surface area contributed by atoms with Crippen LogP contribution in [0.3, 0.4) is 0 Å². The summed E-state index contributed by atoms with van der Waals surface area (Å²) in [7, 11) is -3.57. The Balaban J connectivity index is 1.68. The molecule has 0 bridgehead atoms. The Bertz CT molecular complexity index is 802. The van der Waals surface area contributed by atoms with Crippen LogP contribution in [-0.4, -0.2) is 48.8 Å². The Morgan fingerprint density at radius 3 is 2.44 bits per heavy atom. The Labute approximate surface area is 159 Å². The summed E-state index contributed by atoms with van der Waals surface area (Å²) in [5.74, 6) is -0.851. The predicted octanol–water partition coefficient (Wildman–Crippen LogP) is 2.09. The van der Waals surface area contributed by atoms with Gasteiger partial charge in [-0.25, -0.2) is 13.2 Å². The van der Waals surface area contributed by atoms with E-state index in [2.05, 4.69) is 5.32 Å². The summed E-state index contributed by atoms with van der Waals surface area (Å²) in [6, 6.07) is 4.79. The van der Waals surface area contributed by atoms with Gasteiger partial charge in [-0.05, 0) is 55.4 Å². The molecule has 0 radical (unpaired) electrons. The standard InChI is InChI=1S/C19H26N2O5S/c1-13-3-2-10-21(12-13)27(25,26)16-8-6-15(7-9-16)18(22)20-17(19(23)24)11-14-4-5-14/h6-9,13-14,17H,2-5,10-12H2,1H3,(H,20,22)(H,23,24). The molecular formula is C19H26N2O5S. The summed E-state index contributed by atoms with van der Waals surface area (Å²) in [6.45, 7) is 3.05. The van der Waals surface area contributed by atoms with E-state index in [1.54, 1.807) is 0 Å². The van der Waals surface area contributed by atoms with Crippen LogP contribution >= 0.6 is 0 Å². The molecule has 2 atom stereocenters. The zero-order chi connectivity index (χ0) is 19.6. The fourth-order valence-corrected chi connectivity index (χ4v) is 5.04. The molecule has 2 aliphatic rings. The summed E-state index contributed by atoms with van der Waals surface area (Å²) in [5.41, 5.74) is 0.253. The molecule has 1 amide bonds. The maximum absolute atomic E-state index is 12.8. The van der Waals surface area contributed by atoms with E-state index in [1.807, 2.05) is 6.92 Å². The highest BCUT2D eigenvalue weighted by molar-refractivity contribution is 7.89. The van der Waals surface area contributed by atoms with Gasteiger partial charge in [0.2, 0.25) is 10.0 Å². The van der Waals surface area contributed by atoms with Crippen molar-refractivity contribution in [2.75, 3.05) is 13.1 Å². The van der Waals surface area contributed by atoms with Gasteiger partial charge in [0.05, 0.1) is 4.90 Å². The van der Waals surface area contributed by atoms with Gasteiger partial charge in [-0.2, -0.15) is 4.31 Å². The zero-order valence-corrected chi connectivity index (χ0v) is 16.2. The number of hydrogen-bond acceptors (Lipinski definition) is 4. The van der Waals surface area contributed by atoms with Gasteiger partial charge >= 0.3 is 5.97 Å². The molecule has 1 aromatic rings. The molecule has 148 valence electrons. The first-order chi connectivity index (χ1) is 12.8. The van der Waals surface area contributed by atoms with Gasteiger partial charge < -0.3 is 10.4 Å². The highest BCUT2D eigenvalue weighted by Gasteiger charge is 2.31. The molecule has 3 rings (SSSR count). The van der Waals surface area contributed by atoms with Gasteiger partial charge in [-0.1, -0.05) is 19.8 Å². The van der Waals surface area contributed by atoms with Gasteiger partial charge in [0.25, 0.3) is 5.91 Å². The molecule has 27 heavy (non-hydrogen) atoms. The van der Waals surface area contributed by atoms with Gasteiger partial charge in [-0.15, -0.1) is 0 Å². The van der Waals surface area contributed by atoms with Gasteiger partial charge in [0.1, 0.15) is 6.04 Å². The smallest absolute Gasteiger partial charge is 0.326 e. The van der Waals surface area contributed by atoms with Crippen molar-refractivity contribution in [2.45, 2.75) is 50.0 Å². The van der Waals surface area contributed by atoms with E-state index in [1.165, 1.54) is 28.6 Å². The minimum absolute atomic E-state index is 0.154. The molecule has 2 N–H and O–H groups in total. The first kappa shape index (κ1) is 19.8. The summed E-state index contributed by atoms with van der Waals surface area (Å²) >= 11 is 0. The number of hydrogen-bond donors (Lipinski definition) is 2. The van der Waals surface area contributed by atoms with E-state index < -0.39 is 27.9 Å². The minimum Gasteiger partial charge on any atom is -0.480 e. The van der Waals surface area contributed by atoms with Crippen LogP contribution in [0, 0.1) is 11.8 Å². The van der Waals surface area contributed by atoms with E-state index in [4.69, 9.17) is 0 Å². The number of rotatable bonds is 7. The predicted molar refractivity (Wildman–Crippen MR) is 99.8 cm³/mol. The van der Waals surface area contributed by atoms with Crippen LogP contribution < -0.4 is 5.32 Å². The second-order valence-electron chi connectivity index (χ2n) is 7.68. The molecule has 0 aromatic heterocycles. The number of benzene rings is 1. The molecule has 1 heterocycles. The van der Waals surface area contributed by atoms with Crippen molar-refractivity contribution in [3.63, 3.8) is 0 Å². The lowest BCUT2D eigenvalue weighted by atomic mass is 10.0. The van der Waals surface area contributed by atoms with Crippen molar-refractivity contribution < 1.29 is 23.1 Å².